The normalized spacial score (nSPS) is 14.2. The van der Waals surface area contributed by atoms with E-state index in [1.165, 1.54) is 36.9 Å². The van der Waals surface area contributed by atoms with Crippen LogP contribution in [0.25, 0.3) is 0 Å². The second kappa shape index (κ2) is 7.39. The molecule has 0 radical (unpaired) electrons. The molecule has 0 heterocycles. The summed E-state index contributed by atoms with van der Waals surface area (Å²) in [7, 11) is 3.14. The Bertz CT molecular complexity index is 648. The third-order valence-corrected chi connectivity index (χ3v) is 4.22. The van der Waals surface area contributed by atoms with Gasteiger partial charge in [0.05, 0.1) is 11.5 Å². The van der Waals surface area contributed by atoms with Gasteiger partial charge in [0.15, 0.2) is 0 Å². The van der Waals surface area contributed by atoms with Crippen LogP contribution in [0, 0.1) is 5.41 Å². The average Bonchev–Trinajstić information content (AvgIpc) is 2.44. The Labute approximate surface area is 142 Å². The number of rotatable bonds is 6. The maximum Gasteiger partial charge on any atom is 0.311 e. The van der Waals surface area contributed by atoms with Gasteiger partial charge in [-0.3, -0.25) is 13.8 Å². The van der Waals surface area contributed by atoms with Crippen molar-refractivity contribution in [3.05, 3.63) is 34.3 Å². The van der Waals surface area contributed by atoms with E-state index >= 15 is 0 Å². The molecule has 1 rings (SSSR count). The van der Waals surface area contributed by atoms with Crippen molar-refractivity contribution < 1.29 is 23.5 Å². The third kappa shape index (κ3) is 4.51. The molecule has 0 saturated carbocycles. The first-order valence-corrected chi connectivity index (χ1v) is 8.03. The zero-order valence-electron chi connectivity index (χ0n) is 13.1. The van der Waals surface area contributed by atoms with Gasteiger partial charge in [-0.05, 0) is 37.6 Å². The Hall–Kier alpha value is -1.48. The van der Waals surface area contributed by atoms with Gasteiger partial charge < -0.3 is 14.6 Å². The molecular formula is C14H18ClN2O5S-. The van der Waals surface area contributed by atoms with E-state index in [0.717, 1.165) is 0 Å². The highest BCUT2D eigenvalue weighted by molar-refractivity contribution is 7.77. The van der Waals surface area contributed by atoms with E-state index in [1.807, 2.05) is 0 Å². The first-order valence-electron chi connectivity index (χ1n) is 6.58. The zero-order chi connectivity index (χ0) is 17.9. The molecule has 0 fully saturated rings. The minimum Gasteiger partial charge on any atom is -0.760 e. The topological polar surface area (TPSA) is 110 Å². The molecule has 1 amide bonds. The number of carbonyl (C=O) groups excluding carboxylic acids is 1. The molecule has 0 aliphatic carbocycles. The van der Waals surface area contributed by atoms with Crippen molar-refractivity contribution in [2.75, 3.05) is 14.1 Å². The van der Waals surface area contributed by atoms with Crippen LogP contribution >= 0.6 is 11.6 Å². The lowest BCUT2D eigenvalue weighted by molar-refractivity contribution is -0.148. The van der Waals surface area contributed by atoms with Crippen LogP contribution in [0.2, 0.25) is 5.02 Å². The van der Waals surface area contributed by atoms with Crippen LogP contribution in [-0.2, 0) is 16.1 Å². The van der Waals surface area contributed by atoms with Gasteiger partial charge in [0.25, 0.3) is 5.91 Å². The summed E-state index contributed by atoms with van der Waals surface area (Å²) in [6.07, 6.45) is 0. The van der Waals surface area contributed by atoms with Gasteiger partial charge in [-0.15, -0.1) is 0 Å². The first kappa shape index (κ1) is 19.6. The van der Waals surface area contributed by atoms with Crippen molar-refractivity contribution >= 4 is 34.7 Å². The number of carboxylic acids is 1. The molecule has 9 heteroatoms. The molecule has 7 nitrogen and oxygen atoms in total. The third-order valence-electron chi connectivity index (χ3n) is 3.45. The number of nitrogens with one attached hydrogen (secondary N) is 1. The molecule has 0 spiro atoms. The number of amides is 1. The molecule has 2 atom stereocenters. The van der Waals surface area contributed by atoms with Gasteiger partial charge in [0, 0.05) is 35.9 Å². The summed E-state index contributed by atoms with van der Waals surface area (Å²) in [4.78, 5) is 24.9. The number of nitrogens with zero attached hydrogens (tertiary/aromatic N) is 1. The monoisotopic (exact) mass is 361 g/mol. The van der Waals surface area contributed by atoms with Crippen molar-refractivity contribution in [2.45, 2.75) is 19.9 Å². The zero-order valence-corrected chi connectivity index (χ0v) is 14.7. The molecule has 128 valence electrons. The highest BCUT2D eigenvalue weighted by Crippen LogP contribution is 2.37. The van der Waals surface area contributed by atoms with E-state index in [1.54, 1.807) is 14.1 Å². The molecule has 0 aliphatic heterocycles. The number of carbonyl (C=O) groups is 2. The van der Waals surface area contributed by atoms with Gasteiger partial charge in [-0.1, -0.05) is 11.6 Å². The largest absolute Gasteiger partial charge is 0.760 e. The fourth-order valence-corrected chi connectivity index (χ4v) is 2.82. The lowest BCUT2D eigenvalue weighted by Crippen LogP contribution is -2.40. The van der Waals surface area contributed by atoms with Crippen LogP contribution in [-0.4, -0.2) is 44.7 Å². The lowest BCUT2D eigenvalue weighted by Gasteiger charge is -2.33. The number of carboxylic acid groups (broad SMARTS) is 1. The summed E-state index contributed by atoms with van der Waals surface area (Å²) in [5.41, 5.74) is -0.987. The molecule has 0 aliphatic rings. The predicted molar refractivity (Wildman–Crippen MR) is 85.7 cm³/mol. The number of hydrogen-bond donors (Lipinski definition) is 2. The molecular weight excluding hydrogens is 344 g/mol. The Morgan fingerprint density at radius 2 is 1.96 bits per heavy atom. The van der Waals surface area contributed by atoms with Crippen LogP contribution in [0.1, 0.15) is 35.8 Å². The molecule has 2 N–H and O–H groups in total. The quantitative estimate of drug-likeness (QED) is 0.747. The molecule has 23 heavy (non-hydrogen) atoms. The van der Waals surface area contributed by atoms with Crippen LogP contribution in [0.15, 0.2) is 18.2 Å². The van der Waals surface area contributed by atoms with Crippen LogP contribution < -0.4 is 4.72 Å². The first-order chi connectivity index (χ1) is 10.5. The van der Waals surface area contributed by atoms with Gasteiger partial charge in [-0.25, -0.2) is 4.72 Å². The summed E-state index contributed by atoms with van der Waals surface area (Å²) >= 11 is 3.40. The van der Waals surface area contributed by atoms with E-state index in [4.69, 9.17) is 11.6 Å². The fraction of sp³-hybridized carbons (Fsp3) is 0.429. The average molecular weight is 362 g/mol. The highest BCUT2D eigenvalue weighted by Gasteiger charge is 2.39. The van der Waals surface area contributed by atoms with E-state index in [0.29, 0.717) is 0 Å². The van der Waals surface area contributed by atoms with Crippen molar-refractivity contribution in [3.63, 3.8) is 0 Å². The number of aliphatic carboxylic acids is 1. The van der Waals surface area contributed by atoms with Crippen LogP contribution in [0.4, 0.5) is 0 Å². The Balaban J connectivity index is 3.47. The summed E-state index contributed by atoms with van der Waals surface area (Å²) in [6.45, 7) is 2.74. The molecule has 1 aromatic rings. The van der Waals surface area contributed by atoms with Crippen LogP contribution in [0.3, 0.4) is 0 Å². The molecule has 1 aromatic carbocycles. The van der Waals surface area contributed by atoms with E-state index in [9.17, 15) is 23.5 Å². The minimum absolute atomic E-state index is 0.164. The summed E-state index contributed by atoms with van der Waals surface area (Å²) in [6, 6.07) is 3.20. The molecule has 2 unspecified atom stereocenters. The SMILES string of the molecule is CN(C)C(=O)c1ccc(Cl)c(C(NS(=O)[O-])C(C)(C)C(=O)O)c1. The number of benzene rings is 1. The van der Waals surface area contributed by atoms with Crippen molar-refractivity contribution in [2.24, 2.45) is 5.41 Å². The smallest absolute Gasteiger partial charge is 0.311 e. The standard InChI is InChI=1S/C14H19ClN2O5S/c1-14(2,13(19)20)11(16-23(21)22)9-7-8(5-6-10(9)15)12(18)17(3)4/h5-7,11,16H,1-4H3,(H,19,20)(H,21,22)/p-1. The maximum atomic E-state index is 12.1. The Kier molecular flexibility index (Phi) is 6.29. The second-order valence-electron chi connectivity index (χ2n) is 5.75. The minimum atomic E-state index is -2.71. The van der Waals surface area contributed by atoms with E-state index < -0.39 is 28.7 Å². The van der Waals surface area contributed by atoms with Crippen molar-refractivity contribution in [3.8, 4) is 0 Å². The van der Waals surface area contributed by atoms with E-state index in [2.05, 4.69) is 4.72 Å². The summed E-state index contributed by atoms with van der Waals surface area (Å²) in [5, 5.41) is 9.55. The lowest BCUT2D eigenvalue weighted by atomic mass is 9.80. The molecule has 0 aromatic heterocycles. The predicted octanol–water partition coefficient (Wildman–Crippen LogP) is 1.58. The van der Waals surface area contributed by atoms with Gasteiger partial charge in [0.1, 0.15) is 0 Å². The van der Waals surface area contributed by atoms with Crippen molar-refractivity contribution in [1.29, 1.82) is 0 Å². The second-order valence-corrected chi connectivity index (χ2v) is 6.86. The summed E-state index contributed by atoms with van der Waals surface area (Å²) < 4.78 is 24.3. The summed E-state index contributed by atoms with van der Waals surface area (Å²) in [5.74, 6) is -1.51. The van der Waals surface area contributed by atoms with Gasteiger partial charge in [0.2, 0.25) is 0 Å². The fourth-order valence-electron chi connectivity index (χ4n) is 1.98. The molecule has 0 saturated heterocycles. The van der Waals surface area contributed by atoms with Crippen LogP contribution in [0.5, 0.6) is 0 Å². The number of halogens is 1. The van der Waals surface area contributed by atoms with Gasteiger partial charge >= 0.3 is 5.97 Å². The van der Waals surface area contributed by atoms with E-state index in [-0.39, 0.29) is 22.1 Å². The highest BCUT2D eigenvalue weighted by atomic mass is 35.5. The Morgan fingerprint density at radius 3 is 2.39 bits per heavy atom. The van der Waals surface area contributed by atoms with Crippen molar-refractivity contribution in [1.82, 2.24) is 9.62 Å². The van der Waals surface area contributed by atoms with Gasteiger partial charge in [-0.2, -0.15) is 0 Å². The molecule has 0 bridgehead atoms. The number of hydrogen-bond acceptors (Lipinski definition) is 4. The maximum absolute atomic E-state index is 12.1. The Morgan fingerprint density at radius 1 is 1.39 bits per heavy atom.